The minimum atomic E-state index is -1.54. The summed E-state index contributed by atoms with van der Waals surface area (Å²) in [7, 11) is 2.16. The Balaban J connectivity index is 2.87. The van der Waals surface area contributed by atoms with Gasteiger partial charge in [-0.25, -0.2) is 14.6 Å². The maximum absolute atomic E-state index is 11.5. The maximum atomic E-state index is 11.5. The van der Waals surface area contributed by atoms with Crippen LogP contribution >= 0.6 is 0 Å². The Morgan fingerprint density at radius 1 is 1.29 bits per heavy atom. The molecule has 1 atom stereocenters. The van der Waals surface area contributed by atoms with Crippen molar-refractivity contribution < 1.29 is 28.6 Å². The second-order valence-corrected chi connectivity index (χ2v) is 3.26. The molecule has 0 aromatic carbocycles. The summed E-state index contributed by atoms with van der Waals surface area (Å²) >= 11 is 0. The van der Waals surface area contributed by atoms with E-state index < -0.39 is 23.8 Å². The molecule has 0 N–H and O–H groups in total. The first-order valence-electron chi connectivity index (χ1n) is 4.99. The zero-order valence-electron chi connectivity index (χ0n) is 9.60. The van der Waals surface area contributed by atoms with Gasteiger partial charge in [0.2, 0.25) is 6.04 Å². The predicted octanol–water partition coefficient (Wildman–Crippen LogP) is -0.521. The molecule has 0 bridgehead atoms. The van der Waals surface area contributed by atoms with Crippen molar-refractivity contribution in [1.29, 1.82) is 0 Å². The number of methoxy groups -OCH3 is 2. The van der Waals surface area contributed by atoms with Crippen LogP contribution in [-0.4, -0.2) is 50.5 Å². The van der Waals surface area contributed by atoms with Crippen molar-refractivity contribution in [2.24, 2.45) is 4.99 Å². The predicted molar refractivity (Wildman–Crippen MR) is 55.4 cm³/mol. The van der Waals surface area contributed by atoms with E-state index in [0.29, 0.717) is 13.0 Å². The highest BCUT2D eigenvalue weighted by atomic mass is 16.5. The van der Waals surface area contributed by atoms with Crippen LogP contribution in [-0.2, 0) is 28.6 Å². The van der Waals surface area contributed by atoms with Crippen LogP contribution in [0.15, 0.2) is 4.99 Å². The summed E-state index contributed by atoms with van der Waals surface area (Å²) in [6.45, 7) is 0.485. The molecule has 1 fully saturated rings. The molecule has 1 heterocycles. The van der Waals surface area contributed by atoms with Crippen molar-refractivity contribution in [2.75, 3.05) is 20.8 Å². The first-order chi connectivity index (χ1) is 8.10. The van der Waals surface area contributed by atoms with Crippen LogP contribution in [0.2, 0.25) is 0 Å². The summed E-state index contributed by atoms with van der Waals surface area (Å²) in [4.78, 5) is 37.7. The second kappa shape index (κ2) is 5.97. The molecule has 0 spiro atoms. The van der Waals surface area contributed by atoms with E-state index in [2.05, 4.69) is 14.5 Å². The smallest absolute Gasteiger partial charge is 0.377 e. The summed E-state index contributed by atoms with van der Waals surface area (Å²) in [6.07, 6.45) is 1.29. The SMILES string of the molecule is COC(=O)C(=O)C(N=C1CCCO1)C(=O)OC. The van der Waals surface area contributed by atoms with E-state index >= 15 is 0 Å². The Morgan fingerprint density at radius 3 is 2.47 bits per heavy atom. The lowest BCUT2D eigenvalue weighted by Crippen LogP contribution is -2.36. The van der Waals surface area contributed by atoms with Crippen LogP contribution in [0.4, 0.5) is 0 Å². The van der Waals surface area contributed by atoms with Crippen molar-refractivity contribution >= 4 is 23.6 Å². The Kier molecular flexibility index (Phi) is 4.62. The lowest BCUT2D eigenvalue weighted by molar-refractivity contribution is -0.156. The molecular weight excluding hydrogens is 230 g/mol. The summed E-state index contributed by atoms with van der Waals surface area (Å²) in [5.41, 5.74) is 0. The zero-order valence-corrected chi connectivity index (χ0v) is 9.60. The molecule has 0 aromatic rings. The third kappa shape index (κ3) is 3.27. The number of nitrogens with zero attached hydrogens (tertiary/aromatic N) is 1. The minimum Gasteiger partial charge on any atom is -0.481 e. The number of carbonyl (C=O) groups excluding carboxylic acids is 3. The Bertz CT molecular complexity index is 354. The number of carbonyl (C=O) groups is 3. The number of hydrogen-bond acceptors (Lipinski definition) is 7. The fourth-order valence-corrected chi connectivity index (χ4v) is 1.27. The molecule has 0 amide bonds. The molecular formula is C10H13NO6. The quantitative estimate of drug-likeness (QED) is 0.375. The Hall–Kier alpha value is -1.92. The van der Waals surface area contributed by atoms with Crippen molar-refractivity contribution in [3.63, 3.8) is 0 Å². The van der Waals surface area contributed by atoms with Gasteiger partial charge in [0.1, 0.15) is 0 Å². The summed E-state index contributed by atoms with van der Waals surface area (Å²) in [5, 5.41) is 0. The first kappa shape index (κ1) is 13.1. The van der Waals surface area contributed by atoms with Crippen LogP contribution in [0, 0.1) is 0 Å². The topological polar surface area (TPSA) is 91.3 Å². The van der Waals surface area contributed by atoms with Gasteiger partial charge in [-0.3, -0.25) is 4.79 Å². The summed E-state index contributed by atoms with van der Waals surface area (Å²) in [6, 6.07) is -1.54. The molecule has 0 radical (unpaired) electrons. The highest BCUT2D eigenvalue weighted by Gasteiger charge is 2.34. The number of aliphatic imine (C=N–C) groups is 1. The van der Waals surface area contributed by atoms with Gasteiger partial charge in [-0.2, -0.15) is 0 Å². The van der Waals surface area contributed by atoms with Crippen molar-refractivity contribution in [3.8, 4) is 0 Å². The monoisotopic (exact) mass is 243 g/mol. The number of Topliss-reactive ketones (excluding diaryl/α,β-unsaturated/α-hetero) is 1. The number of hydrogen-bond donors (Lipinski definition) is 0. The van der Waals surface area contributed by atoms with Crippen molar-refractivity contribution in [3.05, 3.63) is 0 Å². The fraction of sp³-hybridized carbons (Fsp3) is 0.600. The second-order valence-electron chi connectivity index (χ2n) is 3.26. The third-order valence-electron chi connectivity index (χ3n) is 2.14. The average molecular weight is 243 g/mol. The maximum Gasteiger partial charge on any atom is 0.377 e. The standard InChI is InChI=1S/C10H13NO6/c1-15-9(13)7(8(12)10(14)16-2)11-6-4-3-5-17-6/h7H,3-5H2,1-2H3. The molecule has 1 saturated heterocycles. The highest BCUT2D eigenvalue weighted by Crippen LogP contribution is 2.09. The van der Waals surface area contributed by atoms with Gasteiger partial charge in [0.15, 0.2) is 5.90 Å². The van der Waals surface area contributed by atoms with Gasteiger partial charge in [-0.15, -0.1) is 0 Å². The van der Waals surface area contributed by atoms with Crippen molar-refractivity contribution in [2.45, 2.75) is 18.9 Å². The third-order valence-corrected chi connectivity index (χ3v) is 2.14. The van der Waals surface area contributed by atoms with Crippen LogP contribution in [0.25, 0.3) is 0 Å². The fourth-order valence-electron chi connectivity index (χ4n) is 1.27. The van der Waals surface area contributed by atoms with E-state index in [1.807, 2.05) is 0 Å². The molecule has 7 heteroatoms. The molecule has 1 aliphatic heterocycles. The average Bonchev–Trinajstić information content (AvgIpc) is 2.86. The van der Waals surface area contributed by atoms with Crippen molar-refractivity contribution in [1.82, 2.24) is 0 Å². The van der Waals surface area contributed by atoms with Crippen LogP contribution in [0.5, 0.6) is 0 Å². The molecule has 7 nitrogen and oxygen atoms in total. The van der Waals surface area contributed by atoms with Gasteiger partial charge in [0.25, 0.3) is 5.78 Å². The van der Waals surface area contributed by atoms with Crippen LogP contribution in [0.1, 0.15) is 12.8 Å². The summed E-state index contributed by atoms with van der Waals surface area (Å²) < 4.78 is 13.7. The van der Waals surface area contributed by atoms with E-state index in [-0.39, 0.29) is 5.90 Å². The number of rotatable bonds is 4. The van der Waals surface area contributed by atoms with Crippen LogP contribution in [0.3, 0.4) is 0 Å². The molecule has 1 aliphatic rings. The normalized spacial score (nSPS) is 18.4. The van der Waals surface area contributed by atoms with E-state index in [1.165, 1.54) is 0 Å². The lowest BCUT2D eigenvalue weighted by Gasteiger charge is -2.08. The summed E-state index contributed by atoms with van der Waals surface area (Å²) in [5.74, 6) is -2.84. The number of ether oxygens (including phenoxy) is 3. The van der Waals surface area contributed by atoms with Gasteiger partial charge in [-0.05, 0) is 6.42 Å². The first-order valence-corrected chi connectivity index (χ1v) is 4.99. The lowest BCUT2D eigenvalue weighted by atomic mass is 10.2. The molecule has 1 unspecified atom stereocenters. The van der Waals surface area contributed by atoms with Gasteiger partial charge < -0.3 is 14.2 Å². The number of esters is 2. The van der Waals surface area contributed by atoms with Gasteiger partial charge in [-0.1, -0.05) is 0 Å². The van der Waals surface area contributed by atoms with Crippen LogP contribution < -0.4 is 0 Å². The van der Waals surface area contributed by atoms with Gasteiger partial charge in [0.05, 0.1) is 20.8 Å². The van der Waals surface area contributed by atoms with E-state index in [4.69, 9.17) is 4.74 Å². The molecule has 17 heavy (non-hydrogen) atoms. The highest BCUT2D eigenvalue weighted by molar-refractivity contribution is 6.40. The van der Waals surface area contributed by atoms with E-state index in [9.17, 15) is 14.4 Å². The molecule has 0 aromatic heterocycles. The minimum absolute atomic E-state index is 0.276. The Labute approximate surface area is 97.7 Å². The zero-order chi connectivity index (χ0) is 12.8. The molecule has 94 valence electrons. The van der Waals surface area contributed by atoms with E-state index in [0.717, 1.165) is 20.6 Å². The van der Waals surface area contributed by atoms with E-state index in [1.54, 1.807) is 0 Å². The molecule has 1 rings (SSSR count). The van der Waals surface area contributed by atoms with Gasteiger partial charge in [0, 0.05) is 6.42 Å². The number of ketones is 1. The molecule has 0 aliphatic carbocycles. The Morgan fingerprint density at radius 2 is 2.00 bits per heavy atom. The van der Waals surface area contributed by atoms with Gasteiger partial charge >= 0.3 is 11.9 Å². The molecule has 0 saturated carbocycles. The largest absolute Gasteiger partial charge is 0.481 e.